The fourth-order valence-corrected chi connectivity index (χ4v) is 14.8. The van der Waals surface area contributed by atoms with E-state index in [4.69, 9.17) is 18.6 Å². The molecule has 3 unspecified atom stereocenters. The third-order valence-corrected chi connectivity index (χ3v) is 25.6. The number of hydrogen-bond donors (Lipinski definition) is 0. The molecular formula is C31H48O5Si2. The topological polar surface area (TPSA) is 54.0 Å². The molecule has 0 spiro atoms. The Bertz CT molecular complexity index is 1000. The predicted octanol–water partition coefficient (Wildman–Crippen LogP) is 8.58. The third-order valence-electron chi connectivity index (χ3n) is 8.28. The first-order valence-electron chi connectivity index (χ1n) is 14.5. The smallest absolute Gasteiger partial charge is 0.343 e. The highest BCUT2D eigenvalue weighted by atomic mass is 29.3. The summed E-state index contributed by atoms with van der Waals surface area (Å²) in [6.07, 6.45) is 8.29. The van der Waals surface area contributed by atoms with Crippen LogP contribution in [0.1, 0.15) is 76.1 Å². The average molecular weight is 557 g/mol. The molecule has 0 radical (unpaired) electrons. The van der Waals surface area contributed by atoms with Crippen LogP contribution >= 0.6 is 0 Å². The molecule has 1 aliphatic rings. The van der Waals surface area contributed by atoms with Gasteiger partial charge in [0.05, 0.1) is 25.9 Å². The zero-order chi connectivity index (χ0) is 27.8. The van der Waals surface area contributed by atoms with Crippen molar-refractivity contribution in [3.8, 4) is 17.2 Å². The van der Waals surface area contributed by atoms with Crippen molar-refractivity contribution in [2.24, 2.45) is 0 Å². The lowest BCUT2D eigenvalue weighted by Crippen LogP contribution is -2.66. The maximum absolute atomic E-state index is 12.8. The quantitative estimate of drug-likeness (QED) is 0.107. The van der Waals surface area contributed by atoms with Crippen LogP contribution in [0.4, 0.5) is 0 Å². The van der Waals surface area contributed by atoms with E-state index in [1.165, 1.54) is 19.3 Å². The molecule has 3 atom stereocenters. The fraction of sp³-hybridized carbons (Fsp3) is 0.581. The first kappa shape index (κ1) is 30.4. The lowest BCUT2D eigenvalue weighted by molar-refractivity contribution is 0.0734. The highest BCUT2D eigenvalue weighted by Gasteiger charge is 2.55. The summed E-state index contributed by atoms with van der Waals surface area (Å²) in [4.78, 5) is 12.8. The zero-order valence-electron chi connectivity index (χ0n) is 24.5. The van der Waals surface area contributed by atoms with Crippen LogP contribution in [0.2, 0.25) is 31.7 Å². The molecule has 1 heterocycles. The summed E-state index contributed by atoms with van der Waals surface area (Å²) >= 11 is 0. The van der Waals surface area contributed by atoms with Gasteiger partial charge in [-0.25, -0.2) is 4.79 Å². The summed E-state index contributed by atoms with van der Waals surface area (Å²) < 4.78 is 24.5. The normalized spacial score (nSPS) is 20.9. The van der Waals surface area contributed by atoms with Crippen LogP contribution in [-0.4, -0.2) is 40.2 Å². The summed E-state index contributed by atoms with van der Waals surface area (Å²) in [6, 6.07) is 14.6. The van der Waals surface area contributed by atoms with Gasteiger partial charge in [-0.2, -0.15) is 0 Å². The van der Waals surface area contributed by atoms with Crippen molar-refractivity contribution in [2.75, 3.05) is 6.61 Å². The summed E-state index contributed by atoms with van der Waals surface area (Å²) in [6.45, 7) is 17.1. The van der Waals surface area contributed by atoms with Crippen LogP contribution in [0.25, 0.3) is 0 Å². The SMILES string of the molecule is CCCCCC(Oc1ccc(C(=O)Oc2ccc(OCCCC)cc2)cc1)C1CC(C)O[Si](C)(C)[Si]1(C)C. The number of unbranched alkanes of at least 4 members (excludes halogenated alkanes) is 3. The molecule has 2 aromatic carbocycles. The Hall–Kier alpha value is -2.10. The van der Waals surface area contributed by atoms with E-state index in [0.717, 1.165) is 37.2 Å². The first-order valence-corrected chi connectivity index (χ1v) is 21.5. The molecule has 7 heteroatoms. The van der Waals surface area contributed by atoms with Gasteiger partial charge in [0.15, 0.2) is 7.83 Å². The highest BCUT2D eigenvalue weighted by Crippen LogP contribution is 2.45. The molecule has 1 fully saturated rings. The van der Waals surface area contributed by atoms with Gasteiger partial charge in [0.25, 0.3) is 0 Å². The van der Waals surface area contributed by atoms with Gasteiger partial charge in [0.2, 0.25) is 0 Å². The molecular weight excluding hydrogens is 509 g/mol. The Balaban J connectivity index is 1.67. The van der Waals surface area contributed by atoms with Crippen LogP contribution in [0, 0.1) is 0 Å². The van der Waals surface area contributed by atoms with E-state index in [1.54, 1.807) is 24.3 Å². The largest absolute Gasteiger partial charge is 0.494 e. The van der Waals surface area contributed by atoms with Gasteiger partial charge >= 0.3 is 5.97 Å². The minimum absolute atomic E-state index is 0.178. The van der Waals surface area contributed by atoms with Gasteiger partial charge < -0.3 is 18.6 Å². The van der Waals surface area contributed by atoms with E-state index in [2.05, 4.69) is 47.0 Å². The monoisotopic (exact) mass is 556 g/mol. The Morgan fingerprint density at radius 1 is 0.895 bits per heavy atom. The molecule has 0 saturated carbocycles. The van der Waals surface area contributed by atoms with Crippen LogP contribution in [0.15, 0.2) is 48.5 Å². The molecule has 0 N–H and O–H groups in total. The lowest BCUT2D eigenvalue weighted by atomic mass is 10.0. The van der Waals surface area contributed by atoms with Crippen molar-refractivity contribution in [2.45, 2.75) is 110 Å². The number of esters is 1. The fourth-order valence-electron chi connectivity index (χ4n) is 5.30. The van der Waals surface area contributed by atoms with Gasteiger partial charge in [0.1, 0.15) is 17.2 Å². The molecule has 2 aromatic rings. The van der Waals surface area contributed by atoms with E-state index >= 15 is 0 Å². The van der Waals surface area contributed by atoms with Crippen LogP contribution in [-0.2, 0) is 4.43 Å². The molecule has 0 aliphatic carbocycles. The Morgan fingerprint density at radius 3 is 2.13 bits per heavy atom. The predicted molar refractivity (Wildman–Crippen MR) is 161 cm³/mol. The Kier molecular flexibility index (Phi) is 11.1. The van der Waals surface area contributed by atoms with Crippen molar-refractivity contribution in [3.05, 3.63) is 54.1 Å². The number of carbonyl (C=O) groups is 1. The van der Waals surface area contributed by atoms with Crippen LogP contribution in [0.5, 0.6) is 17.2 Å². The van der Waals surface area contributed by atoms with Crippen molar-refractivity contribution < 1.29 is 23.4 Å². The van der Waals surface area contributed by atoms with Crippen molar-refractivity contribution in [3.63, 3.8) is 0 Å². The summed E-state index contributed by atoms with van der Waals surface area (Å²) in [5.74, 6) is 1.72. The third kappa shape index (κ3) is 7.96. The van der Waals surface area contributed by atoms with Crippen molar-refractivity contribution in [1.82, 2.24) is 0 Å². The average Bonchev–Trinajstić information content (AvgIpc) is 2.87. The van der Waals surface area contributed by atoms with Crippen LogP contribution in [0.3, 0.4) is 0 Å². The summed E-state index contributed by atoms with van der Waals surface area (Å²) in [5, 5.41) is 0. The minimum atomic E-state index is -1.76. The van der Waals surface area contributed by atoms with Gasteiger partial charge in [-0.3, -0.25) is 0 Å². The van der Waals surface area contributed by atoms with Crippen molar-refractivity contribution in [1.29, 1.82) is 0 Å². The zero-order valence-corrected chi connectivity index (χ0v) is 26.5. The minimum Gasteiger partial charge on any atom is -0.494 e. The van der Waals surface area contributed by atoms with Gasteiger partial charge in [-0.1, -0.05) is 46.2 Å². The highest BCUT2D eigenvalue weighted by molar-refractivity contribution is 7.39. The molecule has 0 aromatic heterocycles. The van der Waals surface area contributed by atoms with E-state index in [0.29, 0.717) is 23.5 Å². The van der Waals surface area contributed by atoms with Gasteiger partial charge in [-0.15, -0.1) is 0 Å². The van der Waals surface area contributed by atoms with Crippen molar-refractivity contribution >= 4 is 21.4 Å². The second-order valence-electron chi connectivity index (χ2n) is 11.7. The molecule has 1 aliphatic heterocycles. The number of hydrogen-bond acceptors (Lipinski definition) is 5. The molecule has 0 bridgehead atoms. The number of carbonyl (C=O) groups excluding carboxylic acids is 1. The number of rotatable bonds is 13. The van der Waals surface area contributed by atoms with E-state index in [9.17, 15) is 4.79 Å². The Labute approximate surface area is 232 Å². The van der Waals surface area contributed by atoms with Gasteiger partial charge in [-0.05, 0) is 99.8 Å². The maximum Gasteiger partial charge on any atom is 0.343 e. The number of ether oxygens (including phenoxy) is 3. The molecule has 1 saturated heterocycles. The molecule has 210 valence electrons. The maximum atomic E-state index is 12.8. The van der Waals surface area contributed by atoms with E-state index < -0.39 is 15.4 Å². The standard InChI is InChI=1S/C31H48O5Si2/c1-8-10-12-13-29(30-23-24(3)36-38(6,7)37(30,4)5)34-27-16-14-25(15-17-27)31(32)35-28-20-18-26(19-21-28)33-22-11-9-2/h14-21,24,29-30H,8-13,22-23H2,1-7H3. The second-order valence-corrected chi connectivity index (χ2v) is 26.7. The molecule has 0 amide bonds. The van der Waals surface area contributed by atoms with E-state index in [1.807, 2.05) is 24.3 Å². The molecule has 3 rings (SSSR count). The van der Waals surface area contributed by atoms with Gasteiger partial charge in [0, 0.05) is 6.10 Å². The molecule has 5 nitrogen and oxygen atoms in total. The summed E-state index contributed by atoms with van der Waals surface area (Å²) in [5.41, 5.74) is 1.06. The second kappa shape index (κ2) is 13.8. The lowest BCUT2D eigenvalue weighted by Gasteiger charge is -2.52. The number of benzene rings is 2. The van der Waals surface area contributed by atoms with E-state index in [-0.39, 0.29) is 18.2 Å². The Morgan fingerprint density at radius 2 is 1.50 bits per heavy atom. The first-order chi connectivity index (χ1) is 18.1. The summed E-state index contributed by atoms with van der Waals surface area (Å²) in [7, 11) is -3.40. The van der Waals surface area contributed by atoms with Crippen LogP contribution < -0.4 is 14.2 Å². The molecule has 38 heavy (non-hydrogen) atoms.